The van der Waals surface area contributed by atoms with Crippen LogP contribution in [-0.4, -0.2) is 54.3 Å². The fourth-order valence-corrected chi connectivity index (χ4v) is 3.84. The lowest BCUT2D eigenvalue weighted by Crippen LogP contribution is -2.15. The Morgan fingerprint density at radius 1 is 1.10 bits per heavy atom. The van der Waals surface area contributed by atoms with Crippen LogP contribution in [0.1, 0.15) is 0 Å². The second-order valence-electron chi connectivity index (χ2n) is 4.23. The lowest BCUT2D eigenvalue weighted by atomic mass is 10.3. The van der Waals surface area contributed by atoms with Gasteiger partial charge in [-0.05, 0) is 34.1 Å². The number of ether oxygens (including phenoxy) is 3. The number of anilines is 1. The molecular weight excluding hydrogens is 362 g/mol. The summed E-state index contributed by atoms with van der Waals surface area (Å²) < 4.78 is 40.0. The highest BCUT2D eigenvalue weighted by atomic mass is 79.9. The van der Waals surface area contributed by atoms with Crippen LogP contribution in [0, 0.1) is 0 Å². The van der Waals surface area contributed by atoms with Gasteiger partial charge >= 0.3 is 0 Å². The zero-order valence-electron chi connectivity index (χ0n) is 11.9. The van der Waals surface area contributed by atoms with Crippen LogP contribution in [0.25, 0.3) is 0 Å². The van der Waals surface area contributed by atoms with Gasteiger partial charge in [-0.1, -0.05) is 0 Å². The van der Waals surface area contributed by atoms with Gasteiger partial charge in [-0.2, -0.15) is 0 Å². The minimum atomic E-state index is -3.40. The fourth-order valence-electron chi connectivity index (χ4n) is 1.51. The van der Waals surface area contributed by atoms with Crippen LogP contribution in [0.3, 0.4) is 0 Å². The Labute approximate surface area is 133 Å². The molecule has 0 aliphatic rings. The second kappa shape index (κ2) is 9.37. The summed E-state index contributed by atoms with van der Waals surface area (Å²) in [4.78, 5) is 0.219. The van der Waals surface area contributed by atoms with Crippen molar-refractivity contribution in [1.29, 1.82) is 0 Å². The Morgan fingerprint density at radius 2 is 1.71 bits per heavy atom. The highest BCUT2D eigenvalue weighted by Crippen LogP contribution is 2.25. The molecule has 0 saturated heterocycles. The molecule has 0 aliphatic carbocycles. The number of nitrogens with two attached hydrogens (primary N) is 1. The number of hydrogen-bond donors (Lipinski definition) is 1. The first-order valence-electron chi connectivity index (χ1n) is 6.39. The molecule has 0 heterocycles. The first-order chi connectivity index (χ1) is 9.97. The highest BCUT2D eigenvalue weighted by molar-refractivity contribution is 9.10. The largest absolute Gasteiger partial charge is 0.399 e. The lowest BCUT2D eigenvalue weighted by molar-refractivity contribution is 0.0284. The number of halogens is 1. The molecule has 120 valence electrons. The Bertz CT molecular complexity index is 535. The predicted octanol–water partition coefficient (Wildman–Crippen LogP) is 1.48. The monoisotopic (exact) mass is 381 g/mol. The number of sulfone groups is 1. The fraction of sp³-hybridized carbons (Fsp3) is 0.538. The molecule has 1 aromatic rings. The molecule has 0 radical (unpaired) electrons. The average molecular weight is 382 g/mol. The molecule has 0 aliphatic heterocycles. The van der Waals surface area contributed by atoms with Crippen molar-refractivity contribution in [3.63, 3.8) is 0 Å². The third-order valence-electron chi connectivity index (χ3n) is 2.59. The van der Waals surface area contributed by atoms with Crippen molar-refractivity contribution in [3.8, 4) is 0 Å². The van der Waals surface area contributed by atoms with E-state index in [1.165, 1.54) is 6.07 Å². The summed E-state index contributed by atoms with van der Waals surface area (Å²) in [5.74, 6) is -0.0897. The van der Waals surface area contributed by atoms with Crippen molar-refractivity contribution in [2.45, 2.75) is 4.90 Å². The van der Waals surface area contributed by atoms with Crippen LogP contribution in [0.2, 0.25) is 0 Å². The predicted molar refractivity (Wildman–Crippen MR) is 84.1 cm³/mol. The molecule has 0 saturated carbocycles. The molecule has 0 fully saturated rings. The summed E-state index contributed by atoms with van der Waals surface area (Å²) in [5, 5.41) is 0. The van der Waals surface area contributed by atoms with E-state index in [-0.39, 0.29) is 17.3 Å². The van der Waals surface area contributed by atoms with E-state index >= 15 is 0 Å². The van der Waals surface area contributed by atoms with E-state index in [4.69, 9.17) is 19.9 Å². The molecule has 21 heavy (non-hydrogen) atoms. The van der Waals surface area contributed by atoms with Crippen LogP contribution in [0.4, 0.5) is 5.69 Å². The standard InChI is InChI=1S/C13H20BrNO5S/c1-18-4-5-19-6-7-20-8-9-21(16,17)13-3-2-11(15)10-12(13)14/h2-3,10H,4-9,15H2,1H3. The molecular formula is C13H20BrNO5S. The summed E-state index contributed by atoms with van der Waals surface area (Å²) in [6.07, 6.45) is 0. The number of methoxy groups -OCH3 is 1. The van der Waals surface area contributed by atoms with Gasteiger partial charge in [0.15, 0.2) is 9.84 Å². The van der Waals surface area contributed by atoms with Crippen LogP contribution in [-0.2, 0) is 24.0 Å². The van der Waals surface area contributed by atoms with Crippen molar-refractivity contribution in [2.24, 2.45) is 0 Å². The molecule has 2 N–H and O–H groups in total. The Kier molecular flexibility index (Phi) is 8.20. The smallest absolute Gasteiger partial charge is 0.181 e. The summed E-state index contributed by atoms with van der Waals surface area (Å²) in [5.41, 5.74) is 6.09. The third kappa shape index (κ3) is 6.75. The molecule has 1 aromatic carbocycles. The van der Waals surface area contributed by atoms with Crippen LogP contribution >= 0.6 is 15.9 Å². The van der Waals surface area contributed by atoms with Crippen molar-refractivity contribution in [1.82, 2.24) is 0 Å². The minimum absolute atomic E-state index is 0.0897. The quantitative estimate of drug-likeness (QED) is 0.487. The summed E-state index contributed by atoms with van der Waals surface area (Å²) in [6, 6.07) is 4.61. The van der Waals surface area contributed by atoms with E-state index in [1.54, 1.807) is 19.2 Å². The SMILES string of the molecule is COCCOCCOCCS(=O)(=O)c1ccc(N)cc1Br. The van der Waals surface area contributed by atoms with E-state index in [1.807, 2.05) is 0 Å². The van der Waals surface area contributed by atoms with Gasteiger partial charge in [0.05, 0.1) is 43.7 Å². The Balaban J connectivity index is 2.33. The number of rotatable bonds is 10. The van der Waals surface area contributed by atoms with Crippen LogP contribution in [0.5, 0.6) is 0 Å². The Morgan fingerprint density at radius 3 is 2.33 bits per heavy atom. The molecule has 0 aromatic heterocycles. The Hall–Kier alpha value is -0.670. The lowest BCUT2D eigenvalue weighted by Gasteiger charge is -2.08. The molecule has 0 atom stereocenters. The normalized spacial score (nSPS) is 11.7. The van der Waals surface area contributed by atoms with Gasteiger partial charge < -0.3 is 19.9 Å². The second-order valence-corrected chi connectivity index (χ2v) is 7.16. The molecule has 0 spiro atoms. The highest BCUT2D eigenvalue weighted by Gasteiger charge is 2.17. The molecule has 0 amide bonds. The topological polar surface area (TPSA) is 87.9 Å². The van der Waals surface area contributed by atoms with Gasteiger partial charge in [-0.3, -0.25) is 0 Å². The summed E-state index contributed by atoms with van der Waals surface area (Å²) >= 11 is 3.21. The number of benzene rings is 1. The van der Waals surface area contributed by atoms with Gasteiger partial charge in [-0.25, -0.2) is 8.42 Å². The van der Waals surface area contributed by atoms with Crippen molar-refractivity contribution in [3.05, 3.63) is 22.7 Å². The summed E-state index contributed by atoms with van der Waals surface area (Å²) in [6.45, 7) is 1.90. The van der Waals surface area contributed by atoms with Crippen LogP contribution in [0.15, 0.2) is 27.6 Å². The molecule has 6 nitrogen and oxygen atoms in total. The van der Waals surface area contributed by atoms with Crippen LogP contribution < -0.4 is 5.73 Å². The van der Waals surface area contributed by atoms with E-state index in [0.717, 1.165) is 0 Å². The molecule has 0 bridgehead atoms. The first-order valence-corrected chi connectivity index (χ1v) is 8.84. The average Bonchev–Trinajstić information content (AvgIpc) is 2.41. The van der Waals surface area contributed by atoms with E-state index in [0.29, 0.717) is 36.6 Å². The van der Waals surface area contributed by atoms with E-state index in [2.05, 4.69) is 15.9 Å². The molecule has 0 unspecified atom stereocenters. The van der Waals surface area contributed by atoms with Gasteiger partial charge in [0.25, 0.3) is 0 Å². The van der Waals surface area contributed by atoms with Gasteiger partial charge in [-0.15, -0.1) is 0 Å². The van der Waals surface area contributed by atoms with Gasteiger partial charge in [0.1, 0.15) is 0 Å². The van der Waals surface area contributed by atoms with Gasteiger partial charge in [0.2, 0.25) is 0 Å². The minimum Gasteiger partial charge on any atom is -0.399 e. The first kappa shape index (κ1) is 18.4. The maximum Gasteiger partial charge on any atom is 0.181 e. The molecule has 8 heteroatoms. The van der Waals surface area contributed by atoms with Crippen molar-refractivity contribution in [2.75, 3.05) is 51.6 Å². The van der Waals surface area contributed by atoms with Gasteiger partial charge in [0, 0.05) is 17.3 Å². The number of hydrogen-bond acceptors (Lipinski definition) is 6. The maximum atomic E-state index is 12.1. The third-order valence-corrected chi connectivity index (χ3v) is 5.24. The van der Waals surface area contributed by atoms with E-state index < -0.39 is 9.84 Å². The molecule has 1 rings (SSSR count). The van der Waals surface area contributed by atoms with Crippen molar-refractivity contribution < 1.29 is 22.6 Å². The summed E-state index contributed by atoms with van der Waals surface area (Å²) in [7, 11) is -1.80. The zero-order chi connectivity index (χ0) is 15.7. The van der Waals surface area contributed by atoms with E-state index in [9.17, 15) is 8.42 Å². The number of nitrogen functional groups attached to an aromatic ring is 1. The zero-order valence-corrected chi connectivity index (χ0v) is 14.3. The maximum absolute atomic E-state index is 12.1. The van der Waals surface area contributed by atoms with Crippen molar-refractivity contribution >= 4 is 31.5 Å².